The van der Waals surface area contributed by atoms with E-state index in [1.807, 2.05) is 6.08 Å². The molecule has 19 heavy (non-hydrogen) atoms. The number of ether oxygens (including phenoxy) is 2. The van der Waals surface area contributed by atoms with Gasteiger partial charge in [-0.2, -0.15) is 0 Å². The molecule has 2 saturated carbocycles. The van der Waals surface area contributed by atoms with Gasteiger partial charge in [-0.3, -0.25) is 0 Å². The summed E-state index contributed by atoms with van der Waals surface area (Å²) in [5.41, 5.74) is 0.637. The van der Waals surface area contributed by atoms with Crippen molar-refractivity contribution in [3.63, 3.8) is 0 Å². The second-order valence-corrected chi connectivity index (χ2v) is 6.44. The number of hydrogen-bond acceptors (Lipinski definition) is 3. The van der Waals surface area contributed by atoms with Crippen molar-refractivity contribution < 1.29 is 19.4 Å². The summed E-state index contributed by atoms with van der Waals surface area (Å²) in [7, 11) is 0. The second-order valence-electron chi connectivity index (χ2n) is 6.44. The van der Waals surface area contributed by atoms with Crippen LogP contribution in [0.3, 0.4) is 0 Å². The van der Waals surface area contributed by atoms with Crippen LogP contribution in [0.4, 0.5) is 0 Å². The lowest BCUT2D eigenvalue weighted by Crippen LogP contribution is -2.22. The molecule has 0 amide bonds. The number of aliphatic carboxylic acids is 1. The lowest BCUT2D eigenvalue weighted by molar-refractivity contribution is -0.133. The minimum atomic E-state index is -0.733. The first-order chi connectivity index (χ1) is 9.20. The minimum absolute atomic E-state index is 0.194. The molecule has 1 N–H and O–H groups in total. The molecule has 6 atom stereocenters. The Balaban J connectivity index is 1.48. The van der Waals surface area contributed by atoms with E-state index in [0.29, 0.717) is 35.9 Å². The number of carboxylic acids is 1. The summed E-state index contributed by atoms with van der Waals surface area (Å²) in [6.45, 7) is 0. The quantitative estimate of drug-likeness (QED) is 0.626. The van der Waals surface area contributed by atoms with Crippen LogP contribution in [0, 0.1) is 11.8 Å². The van der Waals surface area contributed by atoms with Gasteiger partial charge in [0.05, 0.1) is 24.4 Å². The van der Waals surface area contributed by atoms with Crippen molar-refractivity contribution in [3.8, 4) is 0 Å². The standard InChI is InChI=1S/C15H20O4/c16-15(17)10(9-2-4-12-14(7-9)19-12)5-8-1-3-11-13(6-8)18-11/h5,8-9,11-14H,1-4,6-7H2,(H,16,17). The summed E-state index contributed by atoms with van der Waals surface area (Å²) in [5, 5.41) is 9.49. The monoisotopic (exact) mass is 264 g/mol. The van der Waals surface area contributed by atoms with Crippen molar-refractivity contribution in [2.75, 3.05) is 0 Å². The number of carbonyl (C=O) groups is 1. The van der Waals surface area contributed by atoms with Crippen LogP contribution in [0.5, 0.6) is 0 Å². The summed E-state index contributed by atoms with van der Waals surface area (Å²) in [4.78, 5) is 11.5. The van der Waals surface area contributed by atoms with E-state index in [4.69, 9.17) is 9.47 Å². The summed E-state index contributed by atoms with van der Waals surface area (Å²) in [6, 6.07) is 0. The molecule has 2 aliphatic carbocycles. The molecule has 2 aliphatic heterocycles. The Kier molecular flexibility index (Phi) is 2.71. The van der Waals surface area contributed by atoms with Crippen LogP contribution in [0.25, 0.3) is 0 Å². The average molecular weight is 264 g/mol. The molecular formula is C15H20O4. The summed E-state index contributed by atoms with van der Waals surface area (Å²) >= 11 is 0. The van der Waals surface area contributed by atoms with Gasteiger partial charge in [0.2, 0.25) is 0 Å². The van der Waals surface area contributed by atoms with Crippen molar-refractivity contribution in [1.29, 1.82) is 0 Å². The molecule has 6 unspecified atom stereocenters. The maximum Gasteiger partial charge on any atom is 0.331 e. The molecule has 4 rings (SSSR count). The zero-order chi connectivity index (χ0) is 13.0. The van der Waals surface area contributed by atoms with Gasteiger partial charge >= 0.3 is 5.97 Å². The molecule has 2 heterocycles. The van der Waals surface area contributed by atoms with Gasteiger partial charge in [-0.25, -0.2) is 4.79 Å². The highest BCUT2D eigenvalue weighted by atomic mass is 16.6. The number of rotatable bonds is 3. The second kappa shape index (κ2) is 4.32. The van der Waals surface area contributed by atoms with Gasteiger partial charge in [0.25, 0.3) is 0 Å². The number of allylic oxidation sites excluding steroid dienone is 1. The van der Waals surface area contributed by atoms with Crippen molar-refractivity contribution >= 4 is 5.97 Å². The number of hydrogen-bond donors (Lipinski definition) is 1. The molecule has 0 aromatic carbocycles. The maximum absolute atomic E-state index is 11.5. The number of epoxide rings is 2. The SMILES string of the molecule is O=C(O)C(=CC1CCC2OC2C1)C1CCC2OC2C1. The Morgan fingerprint density at radius 1 is 0.947 bits per heavy atom. The van der Waals surface area contributed by atoms with E-state index in [9.17, 15) is 9.90 Å². The van der Waals surface area contributed by atoms with Gasteiger partial charge in [-0.1, -0.05) is 6.08 Å². The first-order valence-corrected chi connectivity index (χ1v) is 7.46. The number of carboxylic acid groups (broad SMARTS) is 1. The maximum atomic E-state index is 11.5. The lowest BCUT2D eigenvalue weighted by atomic mass is 9.80. The van der Waals surface area contributed by atoms with E-state index in [2.05, 4.69) is 0 Å². The van der Waals surface area contributed by atoms with Crippen molar-refractivity contribution in [3.05, 3.63) is 11.6 Å². The molecule has 4 heteroatoms. The van der Waals surface area contributed by atoms with Gasteiger partial charge < -0.3 is 14.6 Å². The fourth-order valence-corrected chi connectivity index (χ4v) is 3.91. The molecule has 4 aliphatic rings. The van der Waals surface area contributed by atoms with Crippen LogP contribution >= 0.6 is 0 Å². The van der Waals surface area contributed by atoms with Crippen LogP contribution in [-0.2, 0) is 14.3 Å². The van der Waals surface area contributed by atoms with Crippen LogP contribution in [0.15, 0.2) is 11.6 Å². The van der Waals surface area contributed by atoms with Gasteiger partial charge in [0, 0.05) is 5.57 Å². The van der Waals surface area contributed by atoms with Crippen LogP contribution in [0.2, 0.25) is 0 Å². The highest BCUT2D eigenvalue weighted by Gasteiger charge is 2.46. The third-order valence-corrected chi connectivity index (χ3v) is 5.15. The Morgan fingerprint density at radius 3 is 2.26 bits per heavy atom. The van der Waals surface area contributed by atoms with E-state index < -0.39 is 5.97 Å². The van der Waals surface area contributed by atoms with E-state index in [0.717, 1.165) is 38.5 Å². The third-order valence-electron chi connectivity index (χ3n) is 5.15. The van der Waals surface area contributed by atoms with E-state index in [1.165, 1.54) is 0 Å². The molecule has 4 fully saturated rings. The highest BCUT2D eigenvalue weighted by Crippen LogP contribution is 2.44. The number of fused-ring (bicyclic) bond motifs is 2. The molecule has 4 nitrogen and oxygen atoms in total. The van der Waals surface area contributed by atoms with E-state index >= 15 is 0 Å². The third kappa shape index (κ3) is 2.32. The topological polar surface area (TPSA) is 62.4 Å². The van der Waals surface area contributed by atoms with Crippen molar-refractivity contribution in [2.24, 2.45) is 11.8 Å². The predicted molar refractivity (Wildman–Crippen MR) is 67.7 cm³/mol. The molecule has 104 valence electrons. The summed E-state index contributed by atoms with van der Waals surface area (Å²) in [6.07, 6.45) is 9.77. The zero-order valence-corrected chi connectivity index (χ0v) is 11.0. The fraction of sp³-hybridized carbons (Fsp3) is 0.800. The molecule has 0 spiro atoms. The van der Waals surface area contributed by atoms with Gasteiger partial charge in [0.1, 0.15) is 0 Å². The lowest BCUT2D eigenvalue weighted by Gasteiger charge is -2.22. The zero-order valence-electron chi connectivity index (χ0n) is 11.0. The molecule has 2 saturated heterocycles. The van der Waals surface area contributed by atoms with Crippen molar-refractivity contribution in [2.45, 2.75) is 62.9 Å². The van der Waals surface area contributed by atoms with Gasteiger partial charge in [-0.15, -0.1) is 0 Å². The molecule has 0 aromatic rings. The smallest absolute Gasteiger partial charge is 0.331 e. The Labute approximate surface area is 112 Å². The van der Waals surface area contributed by atoms with E-state index in [-0.39, 0.29) is 5.92 Å². The Hall–Kier alpha value is -0.870. The van der Waals surface area contributed by atoms with Crippen molar-refractivity contribution in [1.82, 2.24) is 0 Å². The fourth-order valence-electron chi connectivity index (χ4n) is 3.91. The molecule has 0 bridgehead atoms. The summed E-state index contributed by atoms with van der Waals surface area (Å²) < 4.78 is 11.0. The Morgan fingerprint density at radius 2 is 1.63 bits per heavy atom. The summed E-state index contributed by atoms with van der Waals surface area (Å²) in [5.74, 6) is -0.144. The largest absolute Gasteiger partial charge is 0.478 e. The molecular weight excluding hydrogens is 244 g/mol. The predicted octanol–water partition coefficient (Wildman–Crippen LogP) is 2.13. The van der Waals surface area contributed by atoms with Crippen LogP contribution < -0.4 is 0 Å². The van der Waals surface area contributed by atoms with Gasteiger partial charge in [-0.05, 0) is 50.4 Å². The van der Waals surface area contributed by atoms with E-state index in [1.54, 1.807) is 0 Å². The van der Waals surface area contributed by atoms with Crippen LogP contribution in [-0.4, -0.2) is 35.5 Å². The normalized spacial score (nSPS) is 48.1. The first-order valence-electron chi connectivity index (χ1n) is 7.46. The van der Waals surface area contributed by atoms with Gasteiger partial charge in [0.15, 0.2) is 0 Å². The molecule has 0 radical (unpaired) electrons. The first kappa shape index (κ1) is 11.9. The van der Waals surface area contributed by atoms with Crippen LogP contribution in [0.1, 0.15) is 38.5 Å². The minimum Gasteiger partial charge on any atom is -0.478 e. The molecule has 0 aromatic heterocycles. The highest BCUT2D eigenvalue weighted by molar-refractivity contribution is 5.87. The Bertz CT molecular complexity index is 430. The average Bonchev–Trinajstić information content (AvgIpc) is 3.27.